The molecule has 4 rings (SSSR count). The van der Waals surface area contributed by atoms with E-state index in [1.807, 2.05) is 49.2 Å². The number of amides is 1. The van der Waals surface area contributed by atoms with Crippen molar-refractivity contribution in [3.8, 4) is 11.1 Å². The summed E-state index contributed by atoms with van der Waals surface area (Å²) in [5.74, 6) is -0.00747. The molecule has 1 aromatic carbocycles. The molecule has 29 heavy (non-hydrogen) atoms. The average molecular weight is 390 g/mol. The molecular formula is C23H26N4O2. The largest absolute Gasteiger partial charge is 0.338 e. The van der Waals surface area contributed by atoms with Crippen molar-refractivity contribution in [3.05, 3.63) is 76.0 Å². The molecule has 3 heterocycles. The van der Waals surface area contributed by atoms with E-state index in [0.717, 1.165) is 35.4 Å². The van der Waals surface area contributed by atoms with Crippen LogP contribution in [0, 0.1) is 6.92 Å². The van der Waals surface area contributed by atoms with Gasteiger partial charge in [-0.1, -0.05) is 30.3 Å². The molecule has 0 spiro atoms. The maximum Gasteiger partial charge on any atom is 0.263 e. The number of carbonyl (C=O) groups excluding carboxylic acids is 1. The summed E-state index contributed by atoms with van der Waals surface area (Å²) in [5.41, 5.74) is 4.17. The van der Waals surface area contributed by atoms with E-state index in [2.05, 4.69) is 22.3 Å². The minimum Gasteiger partial charge on any atom is -0.338 e. The number of likely N-dealkylation sites (tertiary alicyclic amines) is 1. The van der Waals surface area contributed by atoms with Crippen LogP contribution in [0.15, 0.2) is 53.5 Å². The van der Waals surface area contributed by atoms with Crippen molar-refractivity contribution in [1.29, 1.82) is 0 Å². The van der Waals surface area contributed by atoms with Gasteiger partial charge in [0.1, 0.15) is 5.56 Å². The second-order valence-corrected chi connectivity index (χ2v) is 7.59. The smallest absolute Gasteiger partial charge is 0.263 e. The number of hydrogen-bond donors (Lipinski definition) is 1. The summed E-state index contributed by atoms with van der Waals surface area (Å²) in [4.78, 5) is 27.7. The summed E-state index contributed by atoms with van der Waals surface area (Å²) in [7, 11) is 0. The van der Waals surface area contributed by atoms with Gasteiger partial charge in [0.05, 0.1) is 6.20 Å². The molecule has 1 aliphatic rings. The summed E-state index contributed by atoms with van der Waals surface area (Å²) >= 11 is 0. The molecule has 0 radical (unpaired) electrons. The Morgan fingerprint density at radius 1 is 1.21 bits per heavy atom. The minimum absolute atomic E-state index is 0.171. The van der Waals surface area contributed by atoms with Gasteiger partial charge in [0, 0.05) is 42.5 Å². The molecule has 6 heteroatoms. The van der Waals surface area contributed by atoms with Crippen LogP contribution in [0.25, 0.3) is 11.1 Å². The highest BCUT2D eigenvalue weighted by molar-refractivity contribution is 5.94. The third-order valence-corrected chi connectivity index (χ3v) is 5.81. The normalized spacial score (nSPS) is 16.8. The molecule has 0 saturated carbocycles. The van der Waals surface area contributed by atoms with Crippen LogP contribution < -0.4 is 5.56 Å². The number of aromatic amines is 1. The van der Waals surface area contributed by atoms with E-state index >= 15 is 0 Å². The Morgan fingerprint density at radius 3 is 2.76 bits per heavy atom. The maximum absolute atomic E-state index is 13.2. The Labute approximate surface area is 170 Å². The molecule has 6 nitrogen and oxygen atoms in total. The maximum atomic E-state index is 13.2. The van der Waals surface area contributed by atoms with E-state index in [1.165, 1.54) is 0 Å². The first-order valence-corrected chi connectivity index (χ1v) is 10.2. The molecule has 1 saturated heterocycles. The quantitative estimate of drug-likeness (QED) is 0.740. The second kappa shape index (κ2) is 8.07. The van der Waals surface area contributed by atoms with Gasteiger partial charge in [0.15, 0.2) is 0 Å². The van der Waals surface area contributed by atoms with Gasteiger partial charge >= 0.3 is 0 Å². The lowest BCUT2D eigenvalue weighted by Gasteiger charge is -2.32. The lowest BCUT2D eigenvalue weighted by molar-refractivity contribution is 0.0703. The van der Waals surface area contributed by atoms with Crippen LogP contribution in [0.4, 0.5) is 0 Å². The predicted octanol–water partition coefficient (Wildman–Crippen LogP) is 3.59. The van der Waals surface area contributed by atoms with Gasteiger partial charge in [-0.05, 0) is 44.4 Å². The van der Waals surface area contributed by atoms with Gasteiger partial charge < -0.3 is 9.47 Å². The lowest BCUT2D eigenvalue weighted by atomic mass is 9.90. The minimum atomic E-state index is -0.203. The Morgan fingerprint density at radius 2 is 2.00 bits per heavy atom. The Hall–Kier alpha value is -3.15. The van der Waals surface area contributed by atoms with Crippen molar-refractivity contribution in [2.45, 2.75) is 39.2 Å². The number of H-pyrrole nitrogens is 1. The first kappa shape index (κ1) is 19.2. The van der Waals surface area contributed by atoms with Crippen LogP contribution >= 0.6 is 0 Å². The monoisotopic (exact) mass is 390 g/mol. The molecular weight excluding hydrogens is 364 g/mol. The SMILES string of the molecule is CCn1c(C)ccc(C(=O)N2CCC[C@H](c3[nH]ncc3-c3ccccc3)C2)c1=O. The Kier molecular flexibility index (Phi) is 5.34. The van der Waals surface area contributed by atoms with E-state index < -0.39 is 0 Å². The summed E-state index contributed by atoms with van der Waals surface area (Å²) in [5, 5.41) is 7.42. The van der Waals surface area contributed by atoms with Crippen LogP contribution in [0.1, 0.15) is 47.4 Å². The van der Waals surface area contributed by atoms with Crippen molar-refractivity contribution in [3.63, 3.8) is 0 Å². The lowest BCUT2D eigenvalue weighted by Crippen LogP contribution is -2.42. The van der Waals surface area contributed by atoms with Crippen LogP contribution in [0.5, 0.6) is 0 Å². The Bertz CT molecular complexity index is 1070. The summed E-state index contributed by atoms with van der Waals surface area (Å²) in [6.07, 6.45) is 3.74. The topological polar surface area (TPSA) is 71.0 Å². The standard InChI is InChI=1S/C23H26N4O2/c1-3-27-16(2)11-12-19(23(27)29)22(28)26-13-7-10-18(15-26)21-20(14-24-25-21)17-8-5-4-6-9-17/h4-6,8-9,11-12,14,18H,3,7,10,13,15H2,1-2H3,(H,24,25)/t18-/m0/s1. The first-order chi connectivity index (χ1) is 14.1. The number of hydrogen-bond acceptors (Lipinski definition) is 3. The number of piperidine rings is 1. The van der Waals surface area contributed by atoms with Gasteiger partial charge in [-0.15, -0.1) is 0 Å². The fraction of sp³-hybridized carbons (Fsp3) is 0.348. The number of pyridine rings is 1. The fourth-order valence-corrected chi connectivity index (χ4v) is 4.25. The third kappa shape index (κ3) is 3.62. The highest BCUT2D eigenvalue weighted by atomic mass is 16.2. The second-order valence-electron chi connectivity index (χ2n) is 7.59. The fourth-order valence-electron chi connectivity index (χ4n) is 4.25. The zero-order chi connectivity index (χ0) is 20.4. The average Bonchev–Trinajstić information content (AvgIpc) is 3.24. The van der Waals surface area contributed by atoms with Gasteiger partial charge in [0.25, 0.3) is 11.5 Å². The summed E-state index contributed by atoms with van der Waals surface area (Å²) in [6.45, 7) is 5.62. The van der Waals surface area contributed by atoms with Crippen molar-refractivity contribution in [2.75, 3.05) is 13.1 Å². The highest BCUT2D eigenvalue weighted by Crippen LogP contribution is 2.33. The molecule has 150 valence electrons. The number of benzene rings is 1. The van der Waals surface area contributed by atoms with Crippen molar-refractivity contribution < 1.29 is 4.79 Å². The van der Waals surface area contributed by atoms with Crippen LogP contribution in [-0.2, 0) is 6.54 Å². The van der Waals surface area contributed by atoms with E-state index in [0.29, 0.717) is 19.6 Å². The zero-order valence-corrected chi connectivity index (χ0v) is 16.9. The molecule has 0 bridgehead atoms. The van der Waals surface area contributed by atoms with Crippen molar-refractivity contribution in [2.24, 2.45) is 0 Å². The molecule has 3 aromatic rings. The molecule has 1 aliphatic heterocycles. The van der Waals surface area contributed by atoms with Crippen LogP contribution in [0.2, 0.25) is 0 Å². The number of nitrogens with one attached hydrogen (secondary N) is 1. The summed E-state index contributed by atoms with van der Waals surface area (Å²) < 4.78 is 1.65. The molecule has 1 amide bonds. The Balaban J connectivity index is 1.60. The third-order valence-electron chi connectivity index (χ3n) is 5.81. The van der Waals surface area contributed by atoms with Gasteiger partial charge in [-0.2, -0.15) is 5.10 Å². The number of aromatic nitrogens is 3. The highest BCUT2D eigenvalue weighted by Gasteiger charge is 2.29. The van der Waals surface area contributed by atoms with Gasteiger partial charge in [0.2, 0.25) is 0 Å². The molecule has 1 atom stereocenters. The van der Waals surface area contributed by atoms with Crippen molar-refractivity contribution >= 4 is 5.91 Å². The number of nitrogens with zero attached hydrogens (tertiary/aromatic N) is 3. The van der Waals surface area contributed by atoms with Crippen molar-refractivity contribution in [1.82, 2.24) is 19.7 Å². The molecule has 1 fully saturated rings. The molecule has 0 unspecified atom stereocenters. The van der Waals surface area contributed by atoms with E-state index in [4.69, 9.17) is 0 Å². The van der Waals surface area contributed by atoms with Gasteiger partial charge in [-0.3, -0.25) is 14.7 Å². The van der Waals surface area contributed by atoms with Crippen LogP contribution in [-0.4, -0.2) is 38.7 Å². The molecule has 2 aromatic heterocycles. The first-order valence-electron chi connectivity index (χ1n) is 10.2. The van der Waals surface area contributed by atoms with E-state index in [1.54, 1.807) is 10.6 Å². The predicted molar refractivity (Wildman–Crippen MR) is 113 cm³/mol. The number of carbonyl (C=O) groups is 1. The van der Waals surface area contributed by atoms with Gasteiger partial charge in [-0.25, -0.2) is 0 Å². The zero-order valence-electron chi connectivity index (χ0n) is 16.9. The van der Waals surface area contributed by atoms with E-state index in [9.17, 15) is 9.59 Å². The molecule has 0 aliphatic carbocycles. The van der Waals surface area contributed by atoms with E-state index in [-0.39, 0.29) is 22.9 Å². The van der Waals surface area contributed by atoms with Crippen LogP contribution in [0.3, 0.4) is 0 Å². The number of aryl methyl sites for hydroxylation is 1. The summed E-state index contributed by atoms with van der Waals surface area (Å²) in [6, 6.07) is 13.7. The number of rotatable bonds is 4. The molecule has 1 N–H and O–H groups in total.